The number of benzene rings is 1. The number of anilines is 1. The number of rotatable bonds is 8. The van der Waals surface area contributed by atoms with Crippen LogP contribution in [0.1, 0.15) is 33.3 Å². The van der Waals surface area contributed by atoms with Crippen molar-refractivity contribution in [2.75, 3.05) is 18.5 Å². The molecule has 130 valence electrons. The van der Waals surface area contributed by atoms with Gasteiger partial charge in [0.15, 0.2) is 8.32 Å². The third kappa shape index (κ3) is 5.99. The monoisotopic (exact) mass is 337 g/mol. The van der Waals surface area contributed by atoms with Crippen LogP contribution < -0.4 is 10.1 Å². The predicted molar refractivity (Wildman–Crippen MR) is 98.7 cm³/mol. The Hall–Kier alpha value is -1.33. The zero-order chi connectivity index (χ0) is 17.7. The first-order valence-electron chi connectivity index (χ1n) is 8.14. The van der Waals surface area contributed by atoms with E-state index in [1.807, 2.05) is 25.1 Å². The van der Waals surface area contributed by atoms with Crippen molar-refractivity contribution in [1.29, 1.82) is 0 Å². The topological polar surface area (TPSA) is 47.6 Å². The van der Waals surface area contributed by atoms with E-state index in [1.165, 1.54) is 0 Å². The van der Waals surface area contributed by atoms with Crippen molar-refractivity contribution >= 4 is 20.4 Å². The average Bonchev–Trinajstić information content (AvgIpc) is 2.44. The molecule has 1 amide bonds. The number of carbonyl (C=O) groups is 1. The van der Waals surface area contributed by atoms with Gasteiger partial charge in [0.2, 0.25) is 6.41 Å². The molecule has 0 bridgehead atoms. The highest BCUT2D eigenvalue weighted by Crippen LogP contribution is 2.36. The lowest BCUT2D eigenvalue weighted by Crippen LogP contribution is -2.42. The summed E-state index contributed by atoms with van der Waals surface area (Å²) in [6.45, 7) is 16.7. The first-order chi connectivity index (χ1) is 10.6. The molecular formula is C18H31NO3Si. The van der Waals surface area contributed by atoms with Gasteiger partial charge in [0, 0.05) is 18.2 Å². The van der Waals surface area contributed by atoms with Gasteiger partial charge in [-0.2, -0.15) is 0 Å². The van der Waals surface area contributed by atoms with Gasteiger partial charge in [-0.15, -0.1) is 0 Å². The second-order valence-electron chi connectivity index (χ2n) is 7.73. The molecule has 0 fully saturated rings. The summed E-state index contributed by atoms with van der Waals surface area (Å²) >= 11 is 0. The molecule has 0 aliphatic carbocycles. The summed E-state index contributed by atoms with van der Waals surface area (Å²) < 4.78 is 12.1. The molecule has 1 aromatic rings. The lowest BCUT2D eigenvalue weighted by molar-refractivity contribution is -0.105. The Balaban J connectivity index is 2.49. The standard InChI is InChI=1S/C18H31NO3Si/c1-14(12-22-23(6,7)18(3,4)5)11-21-16-8-9-17(19-13-20)15(2)10-16/h8-10,13-14H,11-12H2,1-7H3,(H,19,20). The Morgan fingerprint density at radius 2 is 1.91 bits per heavy atom. The molecule has 1 unspecified atom stereocenters. The highest BCUT2D eigenvalue weighted by Gasteiger charge is 2.37. The van der Waals surface area contributed by atoms with Gasteiger partial charge in [-0.05, 0) is 48.8 Å². The molecule has 0 spiro atoms. The number of nitrogens with one attached hydrogen (secondary N) is 1. The first kappa shape index (κ1) is 19.7. The maximum atomic E-state index is 10.5. The fourth-order valence-corrected chi connectivity index (χ4v) is 2.94. The predicted octanol–water partition coefficient (Wildman–Crippen LogP) is 4.60. The normalized spacial score (nSPS) is 13.5. The Kier molecular flexibility index (Phi) is 6.83. The average molecular weight is 338 g/mol. The highest BCUT2D eigenvalue weighted by molar-refractivity contribution is 6.74. The van der Waals surface area contributed by atoms with E-state index in [1.54, 1.807) is 0 Å². The first-order valence-corrected chi connectivity index (χ1v) is 11.1. The largest absolute Gasteiger partial charge is 0.493 e. The van der Waals surface area contributed by atoms with Crippen molar-refractivity contribution in [1.82, 2.24) is 0 Å². The minimum atomic E-state index is -1.70. The van der Waals surface area contributed by atoms with E-state index in [-0.39, 0.29) is 5.04 Å². The van der Waals surface area contributed by atoms with Gasteiger partial charge in [0.25, 0.3) is 0 Å². The quantitative estimate of drug-likeness (QED) is 0.557. The van der Waals surface area contributed by atoms with E-state index < -0.39 is 8.32 Å². The van der Waals surface area contributed by atoms with Crippen LogP contribution in [0.4, 0.5) is 5.69 Å². The van der Waals surface area contributed by atoms with Crippen LogP contribution in [-0.4, -0.2) is 27.9 Å². The zero-order valence-corrected chi connectivity index (χ0v) is 16.5. The SMILES string of the molecule is Cc1cc(OCC(C)CO[Si](C)(C)C(C)(C)C)ccc1NC=O. The fourth-order valence-electron chi connectivity index (χ4n) is 1.81. The van der Waals surface area contributed by atoms with Crippen molar-refractivity contribution in [2.45, 2.75) is 52.8 Å². The Morgan fingerprint density at radius 3 is 2.43 bits per heavy atom. The lowest BCUT2D eigenvalue weighted by atomic mass is 10.2. The lowest BCUT2D eigenvalue weighted by Gasteiger charge is -2.37. The Bertz CT molecular complexity index is 523. The van der Waals surface area contributed by atoms with E-state index in [0.717, 1.165) is 23.6 Å². The molecule has 23 heavy (non-hydrogen) atoms. The zero-order valence-electron chi connectivity index (χ0n) is 15.5. The van der Waals surface area contributed by atoms with Gasteiger partial charge < -0.3 is 14.5 Å². The molecule has 4 nitrogen and oxygen atoms in total. The number of ether oxygens (including phenoxy) is 1. The highest BCUT2D eigenvalue weighted by atomic mass is 28.4. The van der Waals surface area contributed by atoms with E-state index in [9.17, 15) is 4.79 Å². The second kappa shape index (κ2) is 7.97. The Morgan fingerprint density at radius 1 is 1.26 bits per heavy atom. The van der Waals surface area contributed by atoms with E-state index in [2.05, 4.69) is 46.1 Å². The summed E-state index contributed by atoms with van der Waals surface area (Å²) in [7, 11) is -1.70. The van der Waals surface area contributed by atoms with Crippen LogP contribution in [0.5, 0.6) is 5.75 Å². The molecule has 1 aromatic carbocycles. The Labute approximate surface area is 141 Å². The van der Waals surface area contributed by atoms with Crippen LogP contribution in [0.25, 0.3) is 0 Å². The van der Waals surface area contributed by atoms with Crippen LogP contribution >= 0.6 is 0 Å². The second-order valence-corrected chi connectivity index (χ2v) is 12.5. The van der Waals surface area contributed by atoms with Crippen LogP contribution in [-0.2, 0) is 9.22 Å². The molecule has 0 saturated carbocycles. The van der Waals surface area contributed by atoms with Crippen LogP contribution in [0.3, 0.4) is 0 Å². The van der Waals surface area contributed by atoms with Gasteiger partial charge in [0.1, 0.15) is 5.75 Å². The molecular weight excluding hydrogens is 306 g/mol. The van der Waals surface area contributed by atoms with Crippen molar-refractivity contribution < 1.29 is 14.0 Å². The number of aryl methyl sites for hydroxylation is 1. The smallest absolute Gasteiger partial charge is 0.211 e. The molecule has 0 aliphatic rings. The molecule has 1 N–H and O–H groups in total. The van der Waals surface area contributed by atoms with Crippen LogP contribution in [0.15, 0.2) is 18.2 Å². The molecule has 0 saturated heterocycles. The van der Waals surface area contributed by atoms with Crippen molar-refractivity contribution in [3.05, 3.63) is 23.8 Å². The van der Waals surface area contributed by atoms with Crippen LogP contribution in [0, 0.1) is 12.8 Å². The van der Waals surface area contributed by atoms with E-state index in [0.29, 0.717) is 18.9 Å². The summed E-state index contributed by atoms with van der Waals surface area (Å²) in [5.74, 6) is 1.15. The molecule has 0 aromatic heterocycles. The summed E-state index contributed by atoms with van der Waals surface area (Å²) in [5, 5.41) is 2.90. The minimum absolute atomic E-state index is 0.228. The number of amides is 1. The molecule has 1 rings (SSSR count). The minimum Gasteiger partial charge on any atom is -0.493 e. The maximum Gasteiger partial charge on any atom is 0.211 e. The van der Waals surface area contributed by atoms with Crippen molar-refractivity contribution in [2.24, 2.45) is 5.92 Å². The van der Waals surface area contributed by atoms with Crippen LogP contribution in [0.2, 0.25) is 18.1 Å². The molecule has 1 atom stereocenters. The van der Waals surface area contributed by atoms with Gasteiger partial charge in [-0.3, -0.25) is 4.79 Å². The van der Waals surface area contributed by atoms with Gasteiger partial charge in [0.05, 0.1) is 6.61 Å². The summed E-state index contributed by atoms with van der Waals surface area (Å²) in [5.41, 5.74) is 1.79. The number of carbonyl (C=O) groups excluding carboxylic acids is 1. The van der Waals surface area contributed by atoms with Gasteiger partial charge >= 0.3 is 0 Å². The number of hydrogen-bond acceptors (Lipinski definition) is 3. The summed E-state index contributed by atoms with van der Waals surface area (Å²) in [6, 6.07) is 5.67. The maximum absolute atomic E-state index is 10.5. The third-order valence-electron chi connectivity index (χ3n) is 4.48. The summed E-state index contributed by atoms with van der Waals surface area (Å²) in [6.07, 6.45) is 0.684. The van der Waals surface area contributed by atoms with Crippen molar-refractivity contribution in [3.8, 4) is 5.75 Å². The van der Waals surface area contributed by atoms with Crippen molar-refractivity contribution in [3.63, 3.8) is 0 Å². The fraction of sp³-hybridized carbons (Fsp3) is 0.611. The molecule has 0 radical (unpaired) electrons. The molecule has 0 aliphatic heterocycles. The third-order valence-corrected chi connectivity index (χ3v) is 8.98. The number of hydrogen-bond donors (Lipinski definition) is 1. The summed E-state index contributed by atoms with van der Waals surface area (Å²) in [4.78, 5) is 10.5. The molecule has 5 heteroatoms. The van der Waals surface area contributed by atoms with Gasteiger partial charge in [-0.1, -0.05) is 27.7 Å². The van der Waals surface area contributed by atoms with E-state index in [4.69, 9.17) is 9.16 Å². The van der Waals surface area contributed by atoms with Gasteiger partial charge in [-0.25, -0.2) is 0 Å². The van der Waals surface area contributed by atoms with E-state index >= 15 is 0 Å². The molecule has 0 heterocycles.